The molecule has 0 bridgehead atoms. The lowest BCUT2D eigenvalue weighted by atomic mass is 9.96. The average Bonchev–Trinajstić information content (AvgIpc) is 3.28. The van der Waals surface area contributed by atoms with Gasteiger partial charge in [-0.2, -0.15) is 10.1 Å². The van der Waals surface area contributed by atoms with Crippen molar-refractivity contribution in [2.24, 2.45) is 0 Å². The number of benzene rings is 1. The molecule has 32 heavy (non-hydrogen) atoms. The molecule has 1 aliphatic carbocycles. The fraction of sp³-hybridized carbons (Fsp3) is 0.542. The Morgan fingerprint density at radius 2 is 1.94 bits per heavy atom. The minimum absolute atomic E-state index is 0.442. The largest absolute Gasteiger partial charge is 0.495 e. The SMILES string of the molecule is CCN1CCc2cc(OC)c(Nc3ncc4cnn(C5CCCCC5)c4n3)cc2C1.CO. The number of methoxy groups -OCH3 is 1. The summed E-state index contributed by atoms with van der Waals surface area (Å²) >= 11 is 0. The summed E-state index contributed by atoms with van der Waals surface area (Å²) in [5.41, 5.74) is 4.54. The van der Waals surface area contributed by atoms with Gasteiger partial charge >= 0.3 is 0 Å². The van der Waals surface area contributed by atoms with Gasteiger partial charge in [0.05, 0.1) is 30.4 Å². The maximum atomic E-state index is 7.00. The Labute approximate surface area is 189 Å². The lowest BCUT2D eigenvalue weighted by Crippen LogP contribution is -2.30. The van der Waals surface area contributed by atoms with Crippen molar-refractivity contribution in [3.8, 4) is 5.75 Å². The molecule has 0 unspecified atom stereocenters. The Balaban J connectivity index is 0.00000119. The van der Waals surface area contributed by atoms with E-state index in [1.165, 1.54) is 43.2 Å². The molecule has 0 saturated heterocycles. The van der Waals surface area contributed by atoms with E-state index in [4.69, 9.17) is 14.8 Å². The normalized spacial score (nSPS) is 16.9. The Kier molecular flexibility index (Phi) is 7.22. The highest BCUT2D eigenvalue weighted by molar-refractivity contribution is 5.76. The van der Waals surface area contributed by atoms with Gasteiger partial charge in [0, 0.05) is 26.4 Å². The second-order valence-corrected chi connectivity index (χ2v) is 8.42. The van der Waals surface area contributed by atoms with Crippen LogP contribution in [-0.4, -0.2) is 57.1 Å². The molecule has 0 atom stereocenters. The molecule has 1 aliphatic heterocycles. The number of nitrogens with one attached hydrogen (secondary N) is 1. The van der Waals surface area contributed by atoms with E-state index >= 15 is 0 Å². The molecule has 2 aliphatic rings. The fourth-order valence-corrected chi connectivity index (χ4v) is 4.79. The van der Waals surface area contributed by atoms with E-state index in [0.717, 1.165) is 55.6 Å². The molecule has 3 aromatic rings. The third kappa shape index (κ3) is 4.56. The lowest BCUT2D eigenvalue weighted by molar-refractivity contribution is 0.267. The lowest BCUT2D eigenvalue weighted by Gasteiger charge is -2.28. The van der Waals surface area contributed by atoms with E-state index in [2.05, 4.69) is 44.0 Å². The number of nitrogens with zero attached hydrogens (tertiary/aromatic N) is 5. The molecule has 0 radical (unpaired) electrons. The molecule has 2 aromatic heterocycles. The summed E-state index contributed by atoms with van der Waals surface area (Å²) in [5, 5.41) is 16.0. The van der Waals surface area contributed by atoms with Gasteiger partial charge in [-0.05, 0) is 49.1 Å². The maximum Gasteiger partial charge on any atom is 0.229 e. The fourth-order valence-electron chi connectivity index (χ4n) is 4.79. The third-order valence-electron chi connectivity index (χ3n) is 6.56. The Hall–Kier alpha value is -2.71. The van der Waals surface area contributed by atoms with Crippen LogP contribution in [-0.2, 0) is 13.0 Å². The zero-order chi connectivity index (χ0) is 22.5. The molecular weight excluding hydrogens is 404 g/mol. The number of anilines is 2. The van der Waals surface area contributed by atoms with Crippen molar-refractivity contribution in [2.75, 3.05) is 32.6 Å². The summed E-state index contributed by atoms with van der Waals surface area (Å²) in [4.78, 5) is 11.8. The van der Waals surface area contributed by atoms with Crippen LogP contribution in [0.1, 0.15) is 56.2 Å². The second kappa shape index (κ2) is 10.3. The van der Waals surface area contributed by atoms with Crippen LogP contribution in [0.4, 0.5) is 11.6 Å². The minimum Gasteiger partial charge on any atom is -0.495 e. The zero-order valence-electron chi connectivity index (χ0n) is 19.3. The molecule has 8 heteroatoms. The first-order valence-corrected chi connectivity index (χ1v) is 11.6. The first-order chi connectivity index (χ1) is 15.7. The minimum atomic E-state index is 0.442. The standard InChI is InChI=1S/C23H30N6O.CH4O/c1-3-28-10-9-16-12-21(30-2)20(11-17(16)15-28)26-23-24-13-18-14-25-29(22(18)27-23)19-7-5-4-6-8-19;1-2/h11-14,19H,3-10,15H2,1-2H3,(H,24,26,27);2H,1H3. The number of aliphatic hydroxyl groups excluding tert-OH is 1. The number of ether oxygens (including phenoxy) is 1. The molecule has 8 nitrogen and oxygen atoms in total. The Morgan fingerprint density at radius 1 is 1.12 bits per heavy atom. The van der Waals surface area contributed by atoms with E-state index < -0.39 is 0 Å². The van der Waals surface area contributed by atoms with Gasteiger partial charge in [0.15, 0.2) is 5.65 Å². The monoisotopic (exact) mass is 438 g/mol. The van der Waals surface area contributed by atoms with Crippen molar-refractivity contribution >= 4 is 22.7 Å². The number of aromatic nitrogens is 4. The average molecular weight is 439 g/mol. The van der Waals surface area contributed by atoms with Crippen LogP contribution in [0.25, 0.3) is 11.0 Å². The summed E-state index contributed by atoms with van der Waals surface area (Å²) in [7, 11) is 2.72. The quantitative estimate of drug-likeness (QED) is 0.621. The van der Waals surface area contributed by atoms with Crippen LogP contribution >= 0.6 is 0 Å². The van der Waals surface area contributed by atoms with Crippen LogP contribution in [0.2, 0.25) is 0 Å². The Morgan fingerprint density at radius 3 is 2.69 bits per heavy atom. The van der Waals surface area contributed by atoms with Gasteiger partial charge in [0.2, 0.25) is 5.95 Å². The van der Waals surface area contributed by atoms with Crippen LogP contribution in [0, 0.1) is 0 Å². The number of likely N-dealkylation sites (N-methyl/N-ethyl adjacent to an activating group) is 1. The van der Waals surface area contributed by atoms with Crippen molar-refractivity contribution in [3.05, 3.63) is 35.7 Å². The predicted octanol–water partition coefficient (Wildman–Crippen LogP) is 4.07. The summed E-state index contributed by atoms with van der Waals surface area (Å²) in [6.45, 7) is 5.36. The topological polar surface area (TPSA) is 88.3 Å². The molecule has 5 rings (SSSR count). The molecule has 1 saturated carbocycles. The number of aliphatic hydroxyl groups is 1. The van der Waals surface area contributed by atoms with Gasteiger partial charge in [-0.15, -0.1) is 0 Å². The smallest absolute Gasteiger partial charge is 0.229 e. The molecule has 3 heterocycles. The number of hydrogen-bond acceptors (Lipinski definition) is 7. The summed E-state index contributed by atoms with van der Waals surface area (Å²) in [6, 6.07) is 4.80. The van der Waals surface area contributed by atoms with Gasteiger partial charge < -0.3 is 15.2 Å². The van der Waals surface area contributed by atoms with Gasteiger partial charge in [0.25, 0.3) is 0 Å². The maximum absolute atomic E-state index is 7.00. The molecule has 0 amide bonds. The van der Waals surface area contributed by atoms with Crippen molar-refractivity contribution in [2.45, 2.75) is 58.0 Å². The van der Waals surface area contributed by atoms with E-state index in [9.17, 15) is 0 Å². The highest BCUT2D eigenvalue weighted by atomic mass is 16.5. The summed E-state index contributed by atoms with van der Waals surface area (Å²) < 4.78 is 7.78. The summed E-state index contributed by atoms with van der Waals surface area (Å²) in [5.74, 6) is 1.42. The second-order valence-electron chi connectivity index (χ2n) is 8.42. The van der Waals surface area contributed by atoms with Crippen LogP contribution in [0.5, 0.6) is 5.75 Å². The van der Waals surface area contributed by atoms with Crippen molar-refractivity contribution in [3.63, 3.8) is 0 Å². The molecule has 172 valence electrons. The molecule has 1 aromatic carbocycles. The molecule has 0 spiro atoms. The van der Waals surface area contributed by atoms with Crippen molar-refractivity contribution in [1.29, 1.82) is 0 Å². The first kappa shape index (κ1) is 22.5. The van der Waals surface area contributed by atoms with E-state index in [-0.39, 0.29) is 0 Å². The predicted molar refractivity (Wildman–Crippen MR) is 127 cm³/mol. The van der Waals surface area contributed by atoms with Crippen LogP contribution in [0.3, 0.4) is 0 Å². The molecule has 2 N–H and O–H groups in total. The van der Waals surface area contributed by atoms with Crippen molar-refractivity contribution < 1.29 is 9.84 Å². The first-order valence-electron chi connectivity index (χ1n) is 11.6. The van der Waals surface area contributed by atoms with Crippen molar-refractivity contribution in [1.82, 2.24) is 24.6 Å². The van der Waals surface area contributed by atoms with Gasteiger partial charge in [-0.3, -0.25) is 4.90 Å². The third-order valence-corrected chi connectivity index (χ3v) is 6.56. The van der Waals surface area contributed by atoms with Crippen LogP contribution in [0.15, 0.2) is 24.5 Å². The van der Waals surface area contributed by atoms with Gasteiger partial charge in [-0.1, -0.05) is 26.2 Å². The van der Waals surface area contributed by atoms with Crippen LogP contribution < -0.4 is 10.1 Å². The summed E-state index contributed by atoms with van der Waals surface area (Å²) in [6.07, 6.45) is 11.0. The molecular formula is C24H34N6O2. The molecule has 1 fully saturated rings. The van der Waals surface area contributed by atoms with Gasteiger partial charge in [0.1, 0.15) is 5.75 Å². The van der Waals surface area contributed by atoms with E-state index in [0.29, 0.717) is 12.0 Å². The highest BCUT2D eigenvalue weighted by Gasteiger charge is 2.21. The number of fused-ring (bicyclic) bond motifs is 2. The Bertz CT molecular complexity index is 1040. The van der Waals surface area contributed by atoms with Gasteiger partial charge in [-0.25, -0.2) is 9.67 Å². The number of rotatable bonds is 5. The zero-order valence-corrected chi connectivity index (χ0v) is 19.3. The highest BCUT2D eigenvalue weighted by Crippen LogP contribution is 2.34. The number of hydrogen-bond donors (Lipinski definition) is 2. The van der Waals surface area contributed by atoms with E-state index in [1.54, 1.807) is 7.11 Å². The van der Waals surface area contributed by atoms with E-state index in [1.807, 2.05) is 12.4 Å².